The molecule has 2 saturated heterocycles. The molecule has 28 heavy (non-hydrogen) atoms. The molecule has 0 aromatic carbocycles. The van der Waals surface area contributed by atoms with E-state index in [0.29, 0.717) is 44.3 Å². The molecule has 2 amide bonds. The molecule has 4 rings (SSSR count). The predicted octanol–water partition coefficient (Wildman–Crippen LogP) is 1.28. The number of hydrogen-bond donors (Lipinski definition) is 0. The summed E-state index contributed by atoms with van der Waals surface area (Å²) in [7, 11) is 1.83. The highest BCUT2D eigenvalue weighted by atomic mass is 16.5. The van der Waals surface area contributed by atoms with Crippen LogP contribution in [0.2, 0.25) is 0 Å². The molecular weight excluding hydrogens is 358 g/mol. The van der Waals surface area contributed by atoms with Crippen LogP contribution in [0, 0.1) is 5.92 Å². The molecular formula is C20H31N5O3. The van der Waals surface area contributed by atoms with Gasteiger partial charge >= 0.3 is 0 Å². The van der Waals surface area contributed by atoms with Crippen molar-refractivity contribution in [3.05, 3.63) is 11.7 Å². The molecule has 1 aromatic rings. The van der Waals surface area contributed by atoms with Gasteiger partial charge in [-0.2, -0.15) is 4.98 Å². The third kappa shape index (κ3) is 4.71. The summed E-state index contributed by atoms with van der Waals surface area (Å²) < 4.78 is 5.40. The van der Waals surface area contributed by atoms with Gasteiger partial charge in [-0.15, -0.1) is 0 Å². The fourth-order valence-corrected chi connectivity index (χ4v) is 3.98. The highest BCUT2D eigenvalue weighted by Gasteiger charge is 2.36. The summed E-state index contributed by atoms with van der Waals surface area (Å²) in [5.74, 6) is 2.06. The smallest absolute Gasteiger partial charge is 0.236 e. The number of nitrogens with zero attached hydrogens (tertiary/aromatic N) is 5. The van der Waals surface area contributed by atoms with Crippen LogP contribution >= 0.6 is 0 Å². The first-order valence-electron chi connectivity index (χ1n) is 10.7. The number of hydrogen-bond acceptors (Lipinski definition) is 6. The van der Waals surface area contributed by atoms with Gasteiger partial charge in [-0.1, -0.05) is 18.0 Å². The van der Waals surface area contributed by atoms with Crippen LogP contribution in [0.5, 0.6) is 0 Å². The molecule has 3 fully saturated rings. The highest BCUT2D eigenvalue weighted by Crippen LogP contribution is 2.30. The molecule has 8 nitrogen and oxygen atoms in total. The molecule has 2 aliphatic heterocycles. The van der Waals surface area contributed by atoms with Crippen LogP contribution in [-0.4, -0.2) is 83.0 Å². The van der Waals surface area contributed by atoms with E-state index in [2.05, 4.69) is 15.0 Å². The number of likely N-dealkylation sites (tertiary alicyclic amines) is 2. The topological polar surface area (TPSA) is 82.8 Å². The molecule has 0 N–H and O–H groups in total. The van der Waals surface area contributed by atoms with E-state index in [9.17, 15) is 9.59 Å². The second kappa shape index (κ2) is 8.59. The van der Waals surface area contributed by atoms with Crippen LogP contribution in [0.1, 0.15) is 56.2 Å². The van der Waals surface area contributed by atoms with Crippen LogP contribution < -0.4 is 0 Å². The Balaban J connectivity index is 1.19. The zero-order valence-electron chi connectivity index (χ0n) is 16.8. The Bertz CT molecular complexity index is 688. The molecule has 3 heterocycles. The van der Waals surface area contributed by atoms with Crippen LogP contribution in [-0.2, 0) is 16.0 Å². The molecule has 154 valence electrons. The zero-order valence-corrected chi connectivity index (χ0v) is 16.8. The Labute approximate surface area is 166 Å². The fourth-order valence-electron chi connectivity index (χ4n) is 3.98. The summed E-state index contributed by atoms with van der Waals surface area (Å²) in [4.78, 5) is 34.9. The molecule has 0 atom stereocenters. The molecule has 1 aromatic heterocycles. The summed E-state index contributed by atoms with van der Waals surface area (Å²) in [5, 5.41) is 4.05. The first kappa shape index (κ1) is 19.4. The van der Waals surface area contributed by atoms with Crippen molar-refractivity contribution < 1.29 is 14.1 Å². The molecule has 1 saturated carbocycles. The van der Waals surface area contributed by atoms with E-state index in [4.69, 9.17) is 4.52 Å². The van der Waals surface area contributed by atoms with Crippen molar-refractivity contribution in [3.8, 4) is 0 Å². The quantitative estimate of drug-likeness (QED) is 0.699. The SMILES string of the molecule is CN(CCc1noc(C2CN(C(=O)CN3CCCCCC3)C2)n1)C(=O)C1CC1. The lowest BCUT2D eigenvalue weighted by atomic mass is 10.00. The standard InChI is InChI=1S/C20H31N5O3/c1-23(20(27)15-6-7-15)11-8-17-21-19(28-22-17)16-12-25(13-16)18(26)14-24-9-4-2-3-5-10-24/h15-16H,2-14H2,1H3. The van der Waals surface area contributed by atoms with Crippen molar-refractivity contribution in [2.75, 3.05) is 46.3 Å². The van der Waals surface area contributed by atoms with Gasteiger partial charge in [0, 0.05) is 39.0 Å². The maximum absolute atomic E-state index is 12.5. The van der Waals surface area contributed by atoms with E-state index in [-0.39, 0.29) is 23.7 Å². The lowest BCUT2D eigenvalue weighted by Gasteiger charge is -2.38. The Morgan fingerprint density at radius 1 is 1.14 bits per heavy atom. The number of rotatable bonds is 7. The predicted molar refractivity (Wildman–Crippen MR) is 103 cm³/mol. The van der Waals surface area contributed by atoms with E-state index >= 15 is 0 Å². The minimum absolute atomic E-state index is 0.139. The molecule has 8 heteroatoms. The van der Waals surface area contributed by atoms with Crippen molar-refractivity contribution >= 4 is 11.8 Å². The van der Waals surface area contributed by atoms with Gasteiger partial charge in [0.05, 0.1) is 12.5 Å². The molecule has 0 spiro atoms. The van der Waals surface area contributed by atoms with Gasteiger partial charge in [0.2, 0.25) is 17.7 Å². The Kier molecular flexibility index (Phi) is 5.94. The van der Waals surface area contributed by atoms with Gasteiger partial charge in [0.1, 0.15) is 0 Å². The van der Waals surface area contributed by atoms with Crippen molar-refractivity contribution in [2.45, 2.75) is 50.9 Å². The van der Waals surface area contributed by atoms with Crippen molar-refractivity contribution in [2.24, 2.45) is 5.92 Å². The minimum atomic E-state index is 0.139. The number of carbonyl (C=O) groups is 2. The van der Waals surface area contributed by atoms with E-state index in [1.165, 1.54) is 25.7 Å². The fraction of sp³-hybridized carbons (Fsp3) is 0.800. The summed E-state index contributed by atoms with van der Waals surface area (Å²) >= 11 is 0. The van der Waals surface area contributed by atoms with E-state index in [1.807, 2.05) is 11.9 Å². The zero-order chi connectivity index (χ0) is 19.5. The first-order valence-corrected chi connectivity index (χ1v) is 10.7. The summed E-state index contributed by atoms with van der Waals surface area (Å²) in [6, 6.07) is 0. The largest absolute Gasteiger partial charge is 0.345 e. The minimum Gasteiger partial charge on any atom is -0.345 e. The van der Waals surface area contributed by atoms with Gasteiger partial charge in [-0.25, -0.2) is 0 Å². The van der Waals surface area contributed by atoms with Gasteiger partial charge in [0.15, 0.2) is 5.82 Å². The average molecular weight is 390 g/mol. The van der Waals surface area contributed by atoms with Gasteiger partial charge in [-0.3, -0.25) is 14.5 Å². The van der Waals surface area contributed by atoms with Crippen LogP contribution in [0.15, 0.2) is 4.52 Å². The number of aromatic nitrogens is 2. The maximum Gasteiger partial charge on any atom is 0.236 e. The third-order valence-electron chi connectivity index (χ3n) is 6.10. The molecule has 0 bridgehead atoms. The first-order chi connectivity index (χ1) is 13.6. The molecule has 0 unspecified atom stereocenters. The maximum atomic E-state index is 12.5. The second-order valence-corrected chi connectivity index (χ2v) is 8.52. The lowest BCUT2D eigenvalue weighted by molar-refractivity contribution is -0.137. The Hall–Kier alpha value is -1.96. The van der Waals surface area contributed by atoms with E-state index in [1.54, 1.807) is 4.90 Å². The van der Waals surface area contributed by atoms with Crippen LogP contribution in [0.25, 0.3) is 0 Å². The summed E-state index contributed by atoms with van der Waals surface area (Å²) in [5.41, 5.74) is 0. The molecule has 0 radical (unpaired) electrons. The van der Waals surface area contributed by atoms with Crippen molar-refractivity contribution in [1.29, 1.82) is 0 Å². The Morgan fingerprint density at radius 2 is 1.86 bits per heavy atom. The normalized spacial score (nSPS) is 21.2. The van der Waals surface area contributed by atoms with Crippen LogP contribution in [0.3, 0.4) is 0 Å². The summed E-state index contributed by atoms with van der Waals surface area (Å²) in [6.07, 6.45) is 7.59. The van der Waals surface area contributed by atoms with Gasteiger partial charge in [-0.05, 0) is 38.8 Å². The summed E-state index contributed by atoms with van der Waals surface area (Å²) in [6.45, 7) is 4.53. The lowest BCUT2D eigenvalue weighted by Crippen LogP contribution is -2.52. The second-order valence-electron chi connectivity index (χ2n) is 8.52. The average Bonchev–Trinajstić information content (AvgIpc) is 3.43. The molecule has 1 aliphatic carbocycles. The van der Waals surface area contributed by atoms with Gasteiger partial charge in [0.25, 0.3) is 0 Å². The highest BCUT2D eigenvalue weighted by molar-refractivity contribution is 5.80. The van der Waals surface area contributed by atoms with Gasteiger partial charge < -0.3 is 14.3 Å². The van der Waals surface area contributed by atoms with E-state index < -0.39 is 0 Å². The number of amides is 2. The molecule has 3 aliphatic rings. The third-order valence-corrected chi connectivity index (χ3v) is 6.10. The number of carbonyl (C=O) groups excluding carboxylic acids is 2. The van der Waals surface area contributed by atoms with Crippen molar-refractivity contribution in [3.63, 3.8) is 0 Å². The number of likely N-dealkylation sites (N-methyl/N-ethyl adjacent to an activating group) is 1. The van der Waals surface area contributed by atoms with Crippen LogP contribution in [0.4, 0.5) is 0 Å². The van der Waals surface area contributed by atoms with Crippen molar-refractivity contribution in [1.82, 2.24) is 24.8 Å². The Morgan fingerprint density at radius 3 is 2.54 bits per heavy atom. The monoisotopic (exact) mass is 389 g/mol. The van der Waals surface area contributed by atoms with E-state index in [0.717, 1.165) is 25.9 Å².